The Hall–Kier alpha value is -3.05. The van der Waals surface area contributed by atoms with Gasteiger partial charge in [0.1, 0.15) is 0 Å². The molecule has 0 spiro atoms. The van der Waals surface area contributed by atoms with Crippen molar-refractivity contribution in [3.63, 3.8) is 0 Å². The van der Waals surface area contributed by atoms with Crippen LogP contribution in [0.4, 0.5) is 11.5 Å². The van der Waals surface area contributed by atoms with Crippen LogP contribution in [0.2, 0.25) is 5.02 Å². The van der Waals surface area contributed by atoms with Crippen LogP contribution in [0.3, 0.4) is 0 Å². The number of benzene rings is 2. The molecule has 6 heteroatoms. The van der Waals surface area contributed by atoms with Crippen LogP contribution in [0.15, 0.2) is 60.8 Å². The number of halogens is 1. The molecule has 0 saturated heterocycles. The first kappa shape index (κ1) is 17.4. The van der Waals surface area contributed by atoms with E-state index in [0.717, 1.165) is 11.1 Å². The van der Waals surface area contributed by atoms with Gasteiger partial charge in [0.25, 0.3) is 5.91 Å². The largest absolute Gasteiger partial charge is 0.460 e. The highest BCUT2D eigenvalue weighted by molar-refractivity contribution is 6.30. The number of amides is 1. The first-order valence-electron chi connectivity index (χ1n) is 8.54. The zero-order chi connectivity index (χ0) is 19.0. The molecule has 0 radical (unpaired) electrons. The van der Waals surface area contributed by atoms with Gasteiger partial charge in [0.2, 0.25) is 5.72 Å². The predicted molar refractivity (Wildman–Crippen MR) is 106 cm³/mol. The van der Waals surface area contributed by atoms with Crippen molar-refractivity contribution in [1.82, 2.24) is 4.98 Å². The number of nitrogens with zero attached hydrogens (tertiary/aromatic N) is 1. The summed E-state index contributed by atoms with van der Waals surface area (Å²) in [5.41, 5.74) is 2.40. The normalized spacial score (nSPS) is 17.6. The average Bonchev–Trinajstić information content (AvgIpc) is 2.98. The first-order chi connectivity index (χ1) is 12.9. The molecule has 1 aliphatic heterocycles. The van der Waals surface area contributed by atoms with Crippen LogP contribution in [0, 0.1) is 6.92 Å². The van der Waals surface area contributed by atoms with Crippen molar-refractivity contribution in [2.75, 3.05) is 10.6 Å². The molecule has 2 N–H and O–H groups in total. The molecule has 1 amide bonds. The summed E-state index contributed by atoms with van der Waals surface area (Å²) in [6.07, 6.45) is 1.57. The molecule has 27 heavy (non-hydrogen) atoms. The topological polar surface area (TPSA) is 63.2 Å². The fraction of sp³-hybridized carbons (Fsp3) is 0.143. The zero-order valence-electron chi connectivity index (χ0n) is 14.9. The Morgan fingerprint density at radius 2 is 2.00 bits per heavy atom. The average molecular weight is 380 g/mol. The van der Waals surface area contributed by atoms with E-state index in [-0.39, 0.29) is 5.91 Å². The van der Waals surface area contributed by atoms with Gasteiger partial charge in [-0.25, -0.2) is 4.98 Å². The van der Waals surface area contributed by atoms with Crippen LogP contribution < -0.4 is 15.4 Å². The Morgan fingerprint density at radius 1 is 1.19 bits per heavy atom. The molecule has 1 aromatic heterocycles. The highest BCUT2D eigenvalue weighted by Crippen LogP contribution is 2.41. The van der Waals surface area contributed by atoms with Crippen molar-refractivity contribution in [2.45, 2.75) is 19.6 Å². The van der Waals surface area contributed by atoms with Gasteiger partial charge in [0.15, 0.2) is 11.6 Å². The maximum atomic E-state index is 12.5. The molecule has 2 aromatic carbocycles. The minimum atomic E-state index is -0.801. The van der Waals surface area contributed by atoms with Crippen molar-refractivity contribution in [3.8, 4) is 5.75 Å². The highest BCUT2D eigenvalue weighted by Gasteiger charge is 2.37. The second-order valence-corrected chi connectivity index (χ2v) is 7.10. The van der Waals surface area contributed by atoms with Crippen LogP contribution in [0.5, 0.6) is 5.75 Å². The van der Waals surface area contributed by atoms with E-state index in [0.29, 0.717) is 27.8 Å². The summed E-state index contributed by atoms with van der Waals surface area (Å²) in [6, 6.07) is 16.7. The maximum Gasteiger partial charge on any atom is 0.255 e. The number of hydrogen-bond acceptors (Lipinski definition) is 4. The number of ether oxygens (including phenoxy) is 1. The molecule has 1 unspecified atom stereocenters. The molecular weight excluding hydrogens is 362 g/mol. The van der Waals surface area contributed by atoms with Gasteiger partial charge < -0.3 is 15.4 Å². The lowest BCUT2D eigenvalue weighted by Crippen LogP contribution is -2.33. The third-order valence-electron chi connectivity index (χ3n) is 4.44. The van der Waals surface area contributed by atoms with Crippen molar-refractivity contribution >= 4 is 29.0 Å². The van der Waals surface area contributed by atoms with Crippen molar-refractivity contribution in [1.29, 1.82) is 0 Å². The number of rotatable bonds is 3. The van der Waals surface area contributed by atoms with Crippen LogP contribution in [0.25, 0.3) is 0 Å². The van der Waals surface area contributed by atoms with E-state index in [1.54, 1.807) is 18.3 Å². The molecule has 0 bridgehead atoms. The van der Waals surface area contributed by atoms with E-state index in [1.807, 2.05) is 56.3 Å². The van der Waals surface area contributed by atoms with Gasteiger partial charge in [-0.3, -0.25) is 4.79 Å². The number of nitrogens with one attached hydrogen (secondary N) is 2. The van der Waals surface area contributed by atoms with Gasteiger partial charge in [-0.05, 0) is 38.1 Å². The Labute approximate surface area is 162 Å². The molecule has 4 rings (SSSR count). The number of fused-ring (bicyclic) bond motifs is 1. The van der Waals surface area contributed by atoms with Crippen LogP contribution in [0.1, 0.15) is 28.4 Å². The number of hydrogen-bond donors (Lipinski definition) is 2. The van der Waals surface area contributed by atoms with Crippen LogP contribution in [-0.4, -0.2) is 10.9 Å². The van der Waals surface area contributed by atoms with Crippen LogP contribution in [-0.2, 0) is 5.72 Å². The molecular formula is C21H18ClN3O2. The number of pyridine rings is 1. The van der Waals surface area contributed by atoms with Crippen molar-refractivity contribution in [3.05, 3.63) is 82.5 Å². The van der Waals surface area contributed by atoms with Gasteiger partial charge in [0, 0.05) is 29.1 Å². The van der Waals surface area contributed by atoms with Gasteiger partial charge in [-0.15, -0.1) is 0 Å². The summed E-state index contributed by atoms with van der Waals surface area (Å²) in [6.45, 7) is 3.86. The Kier molecular flexibility index (Phi) is 4.24. The third kappa shape index (κ3) is 3.46. The van der Waals surface area contributed by atoms with E-state index in [2.05, 4.69) is 15.6 Å². The summed E-state index contributed by atoms with van der Waals surface area (Å²) in [7, 11) is 0. The van der Waals surface area contributed by atoms with Crippen LogP contribution >= 0.6 is 11.6 Å². The Balaban J connectivity index is 1.57. The molecule has 5 nitrogen and oxygen atoms in total. The number of aromatic nitrogens is 1. The summed E-state index contributed by atoms with van der Waals surface area (Å²) < 4.78 is 6.05. The van der Waals surface area contributed by atoms with E-state index in [9.17, 15) is 4.79 Å². The lowest BCUT2D eigenvalue weighted by Gasteiger charge is -2.25. The summed E-state index contributed by atoms with van der Waals surface area (Å²) in [4.78, 5) is 16.8. The number of carbonyl (C=O) groups excluding carboxylic acids is 1. The summed E-state index contributed by atoms with van der Waals surface area (Å²) in [5, 5.41) is 6.72. The summed E-state index contributed by atoms with van der Waals surface area (Å²) in [5.74, 6) is 1.08. The number of anilines is 2. The highest BCUT2D eigenvalue weighted by atomic mass is 35.5. The molecule has 0 aliphatic carbocycles. The van der Waals surface area contributed by atoms with E-state index >= 15 is 0 Å². The summed E-state index contributed by atoms with van der Waals surface area (Å²) >= 11 is 6.00. The van der Waals surface area contributed by atoms with Crippen molar-refractivity contribution < 1.29 is 9.53 Å². The van der Waals surface area contributed by atoms with Gasteiger partial charge in [-0.1, -0.05) is 41.4 Å². The third-order valence-corrected chi connectivity index (χ3v) is 4.65. The van der Waals surface area contributed by atoms with E-state index in [1.165, 1.54) is 0 Å². The molecule has 0 fully saturated rings. The lowest BCUT2D eigenvalue weighted by molar-refractivity contribution is 0.102. The second kappa shape index (κ2) is 6.59. The molecule has 0 saturated carbocycles. The molecule has 1 atom stereocenters. The molecule has 2 heterocycles. The smallest absolute Gasteiger partial charge is 0.255 e. The first-order valence-corrected chi connectivity index (χ1v) is 8.92. The maximum absolute atomic E-state index is 12.5. The minimum absolute atomic E-state index is 0.155. The minimum Gasteiger partial charge on any atom is -0.460 e. The van der Waals surface area contributed by atoms with Gasteiger partial charge in [-0.2, -0.15) is 0 Å². The predicted octanol–water partition coefficient (Wildman–Crippen LogP) is 4.97. The lowest BCUT2D eigenvalue weighted by atomic mass is 10.0. The van der Waals surface area contributed by atoms with Crippen molar-refractivity contribution in [2.24, 2.45) is 0 Å². The van der Waals surface area contributed by atoms with Gasteiger partial charge >= 0.3 is 0 Å². The fourth-order valence-corrected chi connectivity index (χ4v) is 3.23. The Morgan fingerprint density at radius 3 is 2.81 bits per heavy atom. The van der Waals surface area contributed by atoms with Gasteiger partial charge in [0.05, 0.1) is 5.02 Å². The SMILES string of the molecule is Cc1cccc(C(=O)Nc2cccc(C3(C)Nc4ncc(Cl)cc4O3)c2)c1. The standard InChI is InChI=1S/C21H18ClN3O2/c1-13-5-3-6-14(9-13)20(26)24-17-8-4-7-15(10-17)21(2)25-19-18(27-21)11-16(22)12-23-19/h3-12H,1-2H3,(H,23,25)(H,24,26). The zero-order valence-corrected chi connectivity index (χ0v) is 15.7. The monoisotopic (exact) mass is 379 g/mol. The molecule has 1 aliphatic rings. The number of aryl methyl sites for hydroxylation is 1. The number of carbonyl (C=O) groups is 1. The Bertz CT molecular complexity index is 1040. The second-order valence-electron chi connectivity index (χ2n) is 6.66. The quantitative estimate of drug-likeness (QED) is 0.674. The molecule has 3 aromatic rings. The fourth-order valence-electron chi connectivity index (χ4n) is 3.08. The van der Waals surface area contributed by atoms with E-state index in [4.69, 9.17) is 16.3 Å². The van der Waals surface area contributed by atoms with E-state index < -0.39 is 5.72 Å². The molecule has 136 valence electrons.